The quantitative estimate of drug-likeness (QED) is 0.642. The van der Waals surface area contributed by atoms with Crippen LogP contribution >= 0.6 is 12.4 Å². The van der Waals surface area contributed by atoms with E-state index in [1.807, 2.05) is 16.9 Å². The first-order chi connectivity index (χ1) is 4.86. The van der Waals surface area contributed by atoms with Gasteiger partial charge in [0.05, 0.1) is 6.20 Å². The summed E-state index contributed by atoms with van der Waals surface area (Å²) in [6.07, 6.45) is 1.83. The van der Waals surface area contributed by atoms with Crippen molar-refractivity contribution >= 4 is 18.2 Å². The molecule has 11 heavy (non-hydrogen) atoms. The summed E-state index contributed by atoms with van der Waals surface area (Å²) in [7, 11) is 0. The molecule has 2 heterocycles. The lowest BCUT2D eigenvalue weighted by molar-refractivity contribution is 0.445. The summed E-state index contributed by atoms with van der Waals surface area (Å²) in [6.45, 7) is 4.35. The van der Waals surface area contributed by atoms with E-state index in [-0.39, 0.29) is 12.4 Å². The topological polar surface area (TPSA) is 29.9 Å². The molecule has 0 bridgehead atoms. The van der Waals surface area contributed by atoms with Crippen molar-refractivity contribution in [3.05, 3.63) is 12.3 Å². The first kappa shape index (κ1) is 8.40. The fourth-order valence-corrected chi connectivity index (χ4v) is 1.27. The monoisotopic (exact) mass is 173 g/mol. The van der Waals surface area contributed by atoms with Crippen molar-refractivity contribution in [1.82, 2.24) is 9.78 Å². The minimum atomic E-state index is 0. The summed E-state index contributed by atoms with van der Waals surface area (Å²) in [5.74, 6) is 1.85. The van der Waals surface area contributed by atoms with Crippen LogP contribution in [-0.4, -0.2) is 16.3 Å². The van der Waals surface area contributed by atoms with Crippen LogP contribution in [0.2, 0.25) is 0 Å². The van der Waals surface area contributed by atoms with Gasteiger partial charge in [0.15, 0.2) is 0 Å². The first-order valence-corrected chi connectivity index (χ1v) is 3.62. The highest BCUT2D eigenvalue weighted by molar-refractivity contribution is 5.85. The van der Waals surface area contributed by atoms with Gasteiger partial charge in [-0.1, -0.05) is 6.92 Å². The van der Waals surface area contributed by atoms with Crippen molar-refractivity contribution in [2.45, 2.75) is 13.5 Å². The standard InChI is InChI=1S/C7H11N3.ClH/c1-6-4-8-7-2-3-9-10(7)5-6;/h2-3,6,8H,4-5H2,1H3;1H. The highest BCUT2D eigenvalue weighted by Gasteiger charge is 2.12. The molecule has 1 unspecified atom stereocenters. The lowest BCUT2D eigenvalue weighted by atomic mass is 10.1. The van der Waals surface area contributed by atoms with E-state index in [9.17, 15) is 0 Å². The number of aromatic nitrogens is 2. The average molecular weight is 174 g/mol. The van der Waals surface area contributed by atoms with Gasteiger partial charge in [0.1, 0.15) is 5.82 Å². The fourth-order valence-electron chi connectivity index (χ4n) is 1.27. The van der Waals surface area contributed by atoms with E-state index in [0.717, 1.165) is 18.9 Å². The minimum absolute atomic E-state index is 0. The van der Waals surface area contributed by atoms with Crippen LogP contribution in [0.4, 0.5) is 5.82 Å². The maximum Gasteiger partial charge on any atom is 0.124 e. The van der Waals surface area contributed by atoms with Gasteiger partial charge in [0, 0.05) is 19.2 Å². The molecular weight excluding hydrogens is 162 g/mol. The van der Waals surface area contributed by atoms with Crippen molar-refractivity contribution in [2.24, 2.45) is 5.92 Å². The Morgan fingerprint density at radius 2 is 2.55 bits per heavy atom. The Bertz CT molecular complexity index is 233. The Hall–Kier alpha value is -0.700. The van der Waals surface area contributed by atoms with Crippen molar-refractivity contribution in [2.75, 3.05) is 11.9 Å². The van der Waals surface area contributed by atoms with E-state index < -0.39 is 0 Å². The molecule has 0 aliphatic carbocycles. The number of nitrogens with one attached hydrogen (secondary N) is 1. The molecule has 1 N–H and O–H groups in total. The van der Waals surface area contributed by atoms with Crippen LogP contribution in [0.5, 0.6) is 0 Å². The van der Waals surface area contributed by atoms with E-state index in [1.54, 1.807) is 0 Å². The number of hydrogen-bond donors (Lipinski definition) is 1. The molecule has 0 saturated carbocycles. The highest BCUT2D eigenvalue weighted by atomic mass is 35.5. The highest BCUT2D eigenvalue weighted by Crippen LogP contribution is 2.14. The predicted octanol–water partition coefficient (Wildman–Crippen LogP) is 1.37. The van der Waals surface area contributed by atoms with Crippen LogP contribution in [0, 0.1) is 5.92 Å². The van der Waals surface area contributed by atoms with Gasteiger partial charge in [-0.15, -0.1) is 12.4 Å². The van der Waals surface area contributed by atoms with E-state index in [1.165, 1.54) is 0 Å². The number of hydrogen-bond acceptors (Lipinski definition) is 2. The molecule has 0 radical (unpaired) electrons. The SMILES string of the molecule is CC1CNc2ccnn2C1.Cl. The normalized spacial score (nSPS) is 21.4. The number of fused-ring (bicyclic) bond motifs is 1. The zero-order valence-corrected chi connectivity index (χ0v) is 7.27. The van der Waals surface area contributed by atoms with Crippen LogP contribution < -0.4 is 5.32 Å². The molecule has 0 amide bonds. The maximum atomic E-state index is 4.16. The van der Waals surface area contributed by atoms with E-state index in [2.05, 4.69) is 17.3 Å². The average Bonchev–Trinajstić information content (AvgIpc) is 2.33. The van der Waals surface area contributed by atoms with Gasteiger partial charge in [-0.05, 0) is 5.92 Å². The van der Waals surface area contributed by atoms with Crippen LogP contribution in [0.1, 0.15) is 6.92 Å². The van der Waals surface area contributed by atoms with E-state index in [0.29, 0.717) is 5.92 Å². The van der Waals surface area contributed by atoms with Crippen LogP contribution in [-0.2, 0) is 6.54 Å². The third-order valence-electron chi connectivity index (χ3n) is 1.83. The Morgan fingerprint density at radius 3 is 3.36 bits per heavy atom. The Morgan fingerprint density at radius 1 is 1.73 bits per heavy atom. The molecule has 0 saturated heterocycles. The molecular formula is C7H12ClN3. The predicted molar refractivity (Wildman–Crippen MR) is 47.1 cm³/mol. The smallest absolute Gasteiger partial charge is 0.124 e. The third kappa shape index (κ3) is 1.48. The lowest BCUT2D eigenvalue weighted by Gasteiger charge is -2.21. The summed E-state index contributed by atoms with van der Waals surface area (Å²) in [5, 5.41) is 7.45. The fraction of sp³-hybridized carbons (Fsp3) is 0.571. The number of rotatable bonds is 0. The Kier molecular flexibility index (Phi) is 2.39. The van der Waals surface area contributed by atoms with Gasteiger partial charge >= 0.3 is 0 Å². The summed E-state index contributed by atoms with van der Waals surface area (Å²) >= 11 is 0. The molecule has 4 heteroatoms. The summed E-state index contributed by atoms with van der Waals surface area (Å²) < 4.78 is 2.01. The second-order valence-electron chi connectivity index (χ2n) is 2.88. The second kappa shape index (κ2) is 3.13. The number of nitrogens with zero attached hydrogens (tertiary/aromatic N) is 2. The molecule has 0 aromatic carbocycles. The Labute approximate surface area is 72.2 Å². The summed E-state index contributed by atoms with van der Waals surface area (Å²) in [4.78, 5) is 0. The second-order valence-corrected chi connectivity index (χ2v) is 2.88. The van der Waals surface area contributed by atoms with Crippen LogP contribution in [0.15, 0.2) is 12.3 Å². The van der Waals surface area contributed by atoms with Crippen LogP contribution in [0.25, 0.3) is 0 Å². The molecule has 1 aliphatic heterocycles. The molecule has 62 valence electrons. The maximum absolute atomic E-state index is 4.16. The van der Waals surface area contributed by atoms with Crippen molar-refractivity contribution < 1.29 is 0 Å². The van der Waals surface area contributed by atoms with Gasteiger partial charge in [-0.25, -0.2) is 4.68 Å². The number of anilines is 1. The van der Waals surface area contributed by atoms with Crippen LogP contribution in [0.3, 0.4) is 0 Å². The van der Waals surface area contributed by atoms with E-state index in [4.69, 9.17) is 0 Å². The third-order valence-corrected chi connectivity index (χ3v) is 1.83. The minimum Gasteiger partial charge on any atom is -0.370 e. The van der Waals surface area contributed by atoms with Crippen molar-refractivity contribution in [3.8, 4) is 0 Å². The lowest BCUT2D eigenvalue weighted by Crippen LogP contribution is -2.25. The van der Waals surface area contributed by atoms with Gasteiger partial charge in [-0.3, -0.25) is 0 Å². The largest absolute Gasteiger partial charge is 0.370 e. The van der Waals surface area contributed by atoms with Gasteiger partial charge in [0.2, 0.25) is 0 Å². The molecule has 1 aliphatic rings. The molecule has 1 aromatic rings. The van der Waals surface area contributed by atoms with Gasteiger partial charge in [0.25, 0.3) is 0 Å². The molecule has 0 spiro atoms. The number of halogens is 1. The van der Waals surface area contributed by atoms with Gasteiger partial charge < -0.3 is 5.32 Å². The zero-order valence-electron chi connectivity index (χ0n) is 6.45. The molecule has 3 nitrogen and oxygen atoms in total. The molecule has 1 atom stereocenters. The Balaban J connectivity index is 0.000000605. The molecule has 0 fully saturated rings. The molecule has 2 rings (SSSR count). The van der Waals surface area contributed by atoms with Crippen molar-refractivity contribution in [1.29, 1.82) is 0 Å². The van der Waals surface area contributed by atoms with E-state index >= 15 is 0 Å². The zero-order chi connectivity index (χ0) is 6.97. The first-order valence-electron chi connectivity index (χ1n) is 3.62. The summed E-state index contributed by atoms with van der Waals surface area (Å²) in [5.41, 5.74) is 0. The molecule has 1 aromatic heterocycles. The summed E-state index contributed by atoms with van der Waals surface area (Å²) in [6, 6.07) is 2.01. The van der Waals surface area contributed by atoms with Crippen molar-refractivity contribution in [3.63, 3.8) is 0 Å². The van der Waals surface area contributed by atoms with Gasteiger partial charge in [-0.2, -0.15) is 5.10 Å².